The van der Waals surface area contributed by atoms with Crippen LogP contribution >= 0.6 is 0 Å². The maximum absolute atomic E-state index is 12.6. The number of hydrogen-bond acceptors (Lipinski definition) is 3. The number of hydrogen-bond donors (Lipinski definition) is 1. The van der Waals surface area contributed by atoms with Crippen LogP contribution in [0.1, 0.15) is 31.0 Å². The van der Waals surface area contributed by atoms with Gasteiger partial charge in [0.2, 0.25) is 0 Å². The van der Waals surface area contributed by atoms with Gasteiger partial charge in [0.05, 0.1) is 12.3 Å². The van der Waals surface area contributed by atoms with Crippen molar-refractivity contribution in [3.63, 3.8) is 0 Å². The van der Waals surface area contributed by atoms with Crippen molar-refractivity contribution in [2.45, 2.75) is 38.1 Å². The predicted molar refractivity (Wildman–Crippen MR) is 77.3 cm³/mol. The highest BCUT2D eigenvalue weighted by molar-refractivity contribution is 5.91. The van der Waals surface area contributed by atoms with E-state index in [0.717, 1.165) is 11.8 Å². The number of carbonyl (C=O) groups is 1. The molecule has 7 heteroatoms. The number of nitrogens with one attached hydrogen (secondary N) is 1. The van der Waals surface area contributed by atoms with E-state index in [2.05, 4.69) is 9.72 Å². The molecule has 2 aromatic rings. The zero-order valence-corrected chi connectivity index (χ0v) is 12.5. The molecule has 1 aromatic carbocycles. The first-order valence-electron chi connectivity index (χ1n) is 7.37. The molecule has 0 aliphatic carbocycles. The van der Waals surface area contributed by atoms with Crippen molar-refractivity contribution >= 4 is 17.2 Å². The second-order valence-corrected chi connectivity index (χ2v) is 5.52. The van der Waals surface area contributed by atoms with Crippen LogP contribution in [0.2, 0.25) is 0 Å². The fraction of sp³-hybridized carbons (Fsp3) is 0.438. The second kappa shape index (κ2) is 5.56. The number of ether oxygens (including phenoxy) is 2. The van der Waals surface area contributed by atoms with Crippen LogP contribution in [0.5, 0.6) is 5.75 Å². The van der Waals surface area contributed by atoms with Gasteiger partial charge in [-0.15, -0.1) is 13.2 Å². The molecule has 1 atom stereocenters. The molecule has 0 spiro atoms. The number of halogens is 3. The smallest absolute Gasteiger partial charge is 0.405 e. The summed E-state index contributed by atoms with van der Waals surface area (Å²) in [5.74, 6) is -0.231. The summed E-state index contributed by atoms with van der Waals surface area (Å²) in [5.41, 5.74) is 1.14. The van der Waals surface area contributed by atoms with Crippen molar-refractivity contribution in [3.05, 3.63) is 29.5 Å². The molecular weight excluding hydrogens is 311 g/mol. The van der Waals surface area contributed by atoms with Crippen LogP contribution in [0.25, 0.3) is 10.9 Å². The molecule has 0 saturated heterocycles. The minimum atomic E-state index is -4.76. The van der Waals surface area contributed by atoms with Crippen LogP contribution in [-0.4, -0.2) is 24.2 Å². The first-order chi connectivity index (χ1) is 10.9. The van der Waals surface area contributed by atoms with Gasteiger partial charge in [-0.2, -0.15) is 0 Å². The number of fused-ring (bicyclic) bond motifs is 3. The Bertz CT molecular complexity index is 738. The maximum Gasteiger partial charge on any atom is 0.573 e. The number of aromatic nitrogens is 1. The Morgan fingerprint density at radius 2 is 2.22 bits per heavy atom. The average Bonchev–Trinajstić information content (AvgIpc) is 2.87. The van der Waals surface area contributed by atoms with Crippen LogP contribution in [0.3, 0.4) is 0 Å². The number of alkyl halides is 3. The summed E-state index contributed by atoms with van der Waals surface area (Å²) >= 11 is 0. The van der Waals surface area contributed by atoms with Crippen molar-refractivity contribution in [3.8, 4) is 5.75 Å². The topological polar surface area (TPSA) is 51.3 Å². The molecule has 0 amide bonds. The largest absolute Gasteiger partial charge is 0.573 e. The maximum atomic E-state index is 12.6. The van der Waals surface area contributed by atoms with Gasteiger partial charge < -0.3 is 19.3 Å². The Morgan fingerprint density at radius 3 is 2.87 bits per heavy atom. The molecule has 1 aliphatic rings. The molecule has 1 N–H and O–H groups in total. The lowest BCUT2D eigenvalue weighted by Gasteiger charge is -2.35. The van der Waals surface area contributed by atoms with Crippen molar-refractivity contribution in [1.29, 1.82) is 0 Å². The highest BCUT2D eigenvalue weighted by Gasteiger charge is 2.40. The summed E-state index contributed by atoms with van der Waals surface area (Å²) in [6.45, 7) is 2.24. The van der Waals surface area contributed by atoms with E-state index in [-0.39, 0.29) is 12.2 Å². The Morgan fingerprint density at radius 1 is 1.43 bits per heavy atom. The summed E-state index contributed by atoms with van der Waals surface area (Å²) in [7, 11) is 0. The van der Waals surface area contributed by atoms with E-state index in [1.165, 1.54) is 12.1 Å². The molecule has 3 rings (SSSR count). The van der Waals surface area contributed by atoms with Gasteiger partial charge in [0.25, 0.3) is 0 Å². The molecule has 0 saturated carbocycles. The summed E-state index contributed by atoms with van der Waals surface area (Å²) in [6.07, 6.45) is -2.82. The van der Waals surface area contributed by atoms with Crippen molar-refractivity contribution in [1.82, 2.24) is 4.98 Å². The zero-order valence-electron chi connectivity index (χ0n) is 12.5. The molecule has 1 unspecified atom stereocenters. The lowest BCUT2D eigenvalue weighted by molar-refractivity contribution is -0.274. The molecule has 2 heterocycles. The SMILES string of the molecule is CCC1(CC=O)OCCc2c1[nH]c1cccc(OC(F)(F)F)c21. The van der Waals surface area contributed by atoms with E-state index in [1.807, 2.05) is 6.92 Å². The van der Waals surface area contributed by atoms with E-state index in [9.17, 15) is 18.0 Å². The molecule has 4 nitrogen and oxygen atoms in total. The number of aldehydes is 1. The second-order valence-electron chi connectivity index (χ2n) is 5.52. The first kappa shape index (κ1) is 15.9. The quantitative estimate of drug-likeness (QED) is 0.868. The van der Waals surface area contributed by atoms with Gasteiger partial charge in [-0.25, -0.2) is 0 Å². The summed E-state index contributed by atoms with van der Waals surface area (Å²) in [5, 5.41) is 0.409. The third kappa shape index (κ3) is 2.69. The molecule has 0 radical (unpaired) electrons. The van der Waals surface area contributed by atoms with Gasteiger partial charge in [-0.1, -0.05) is 13.0 Å². The lowest BCUT2D eigenvalue weighted by atomic mass is 9.86. The number of benzene rings is 1. The van der Waals surface area contributed by atoms with Gasteiger partial charge in [-0.3, -0.25) is 0 Å². The van der Waals surface area contributed by atoms with E-state index in [0.29, 0.717) is 36.0 Å². The van der Waals surface area contributed by atoms with Crippen molar-refractivity contribution < 1.29 is 27.4 Å². The van der Waals surface area contributed by atoms with Crippen LogP contribution in [0, 0.1) is 0 Å². The van der Waals surface area contributed by atoms with E-state index in [1.54, 1.807) is 6.07 Å². The standard InChI is InChI=1S/C16H16F3NO3/c1-2-15(7-8-21)14-10(6-9-22-15)13-11(20-14)4-3-5-12(13)23-16(17,18)19/h3-5,8,20H,2,6-7,9H2,1H3. The summed E-state index contributed by atoms with van der Waals surface area (Å²) in [4.78, 5) is 14.2. The molecule has 0 bridgehead atoms. The summed E-state index contributed by atoms with van der Waals surface area (Å²) < 4.78 is 47.9. The van der Waals surface area contributed by atoms with E-state index in [4.69, 9.17) is 4.74 Å². The molecule has 23 heavy (non-hydrogen) atoms. The van der Waals surface area contributed by atoms with Gasteiger partial charge in [0, 0.05) is 17.3 Å². The Labute approximate surface area is 130 Å². The van der Waals surface area contributed by atoms with E-state index < -0.39 is 12.0 Å². The highest BCUT2D eigenvalue weighted by Crippen LogP contribution is 2.44. The van der Waals surface area contributed by atoms with Gasteiger partial charge in [-0.05, 0) is 30.5 Å². The van der Waals surface area contributed by atoms with Gasteiger partial charge in [0.1, 0.15) is 17.6 Å². The third-order valence-electron chi connectivity index (χ3n) is 4.29. The highest BCUT2D eigenvalue weighted by atomic mass is 19.4. The fourth-order valence-corrected chi connectivity index (χ4v) is 3.27. The van der Waals surface area contributed by atoms with Crippen molar-refractivity contribution in [2.75, 3.05) is 6.61 Å². The number of rotatable bonds is 4. The van der Waals surface area contributed by atoms with Gasteiger partial charge in [0.15, 0.2) is 0 Å². The minimum Gasteiger partial charge on any atom is -0.405 e. The fourth-order valence-electron chi connectivity index (χ4n) is 3.27. The molecule has 1 aromatic heterocycles. The van der Waals surface area contributed by atoms with Crippen LogP contribution in [-0.2, 0) is 21.6 Å². The van der Waals surface area contributed by atoms with Crippen LogP contribution in [0.15, 0.2) is 18.2 Å². The zero-order chi connectivity index (χ0) is 16.7. The normalized spacial score (nSPS) is 21.2. The Kier molecular flexibility index (Phi) is 3.83. The number of H-pyrrole nitrogens is 1. The molecular formula is C16H16F3NO3. The third-order valence-corrected chi connectivity index (χ3v) is 4.29. The lowest BCUT2D eigenvalue weighted by Crippen LogP contribution is -2.35. The molecule has 124 valence electrons. The van der Waals surface area contributed by atoms with Gasteiger partial charge >= 0.3 is 6.36 Å². The Hall–Kier alpha value is -2.02. The minimum absolute atomic E-state index is 0.152. The van der Waals surface area contributed by atoms with Crippen molar-refractivity contribution in [2.24, 2.45) is 0 Å². The Balaban J connectivity index is 2.21. The molecule has 0 fully saturated rings. The number of carbonyl (C=O) groups excluding carboxylic acids is 1. The van der Waals surface area contributed by atoms with E-state index >= 15 is 0 Å². The molecule has 1 aliphatic heterocycles. The number of aromatic amines is 1. The average molecular weight is 327 g/mol. The van der Waals surface area contributed by atoms with Crippen LogP contribution in [0.4, 0.5) is 13.2 Å². The predicted octanol–water partition coefficient (Wildman–Crippen LogP) is 3.83. The monoisotopic (exact) mass is 327 g/mol. The van der Waals surface area contributed by atoms with Crippen LogP contribution < -0.4 is 4.74 Å². The first-order valence-corrected chi connectivity index (χ1v) is 7.37. The summed E-state index contributed by atoms with van der Waals surface area (Å²) in [6, 6.07) is 4.49.